The molecule has 0 N–H and O–H groups in total. The lowest BCUT2D eigenvalue weighted by atomic mass is 9.98. The number of rotatable bonds is 5. The molecule has 3 aromatic heterocycles. The zero-order valence-corrected chi connectivity index (χ0v) is 28.7. The summed E-state index contributed by atoms with van der Waals surface area (Å²) in [6.07, 6.45) is 0. The highest BCUT2D eigenvalue weighted by Gasteiger charge is 2.25. The first-order valence-corrected chi connectivity index (χ1v) is 18.3. The van der Waals surface area contributed by atoms with Crippen LogP contribution in [0.15, 0.2) is 185 Å². The predicted octanol–water partition coefficient (Wildman–Crippen LogP) is 14.7. The summed E-state index contributed by atoms with van der Waals surface area (Å²) in [5, 5.41) is 6.85. The van der Waals surface area contributed by atoms with E-state index in [1.807, 2.05) is 23.5 Å². The van der Waals surface area contributed by atoms with E-state index in [0.29, 0.717) is 0 Å². The summed E-state index contributed by atoms with van der Waals surface area (Å²) >= 11 is 1.83. The Balaban J connectivity index is 1.24. The van der Waals surface area contributed by atoms with Gasteiger partial charge in [-0.3, -0.25) is 0 Å². The Morgan fingerprint density at radius 2 is 1.08 bits per heavy atom. The number of thiophene rings is 1. The van der Waals surface area contributed by atoms with Crippen LogP contribution in [0.2, 0.25) is 0 Å². The molecule has 0 radical (unpaired) electrons. The number of nitrogens with zero attached hydrogens (tertiary/aromatic N) is 1. The third-order valence-corrected chi connectivity index (χ3v) is 11.4. The highest BCUT2D eigenvalue weighted by Crippen LogP contribution is 2.49. The number of hydrogen-bond donors (Lipinski definition) is 0. The van der Waals surface area contributed by atoms with E-state index in [0.717, 1.165) is 83.2 Å². The zero-order valence-electron chi connectivity index (χ0n) is 27.9. The van der Waals surface area contributed by atoms with Gasteiger partial charge in [0.05, 0.1) is 16.8 Å². The Bertz CT molecular complexity index is 3130. The Labute approximate surface area is 303 Å². The van der Waals surface area contributed by atoms with Crippen molar-refractivity contribution in [3.05, 3.63) is 176 Å². The van der Waals surface area contributed by atoms with Crippen LogP contribution in [0.4, 0.5) is 17.1 Å². The van der Waals surface area contributed by atoms with Gasteiger partial charge in [-0.25, -0.2) is 0 Å². The van der Waals surface area contributed by atoms with Crippen molar-refractivity contribution in [3.63, 3.8) is 0 Å². The van der Waals surface area contributed by atoms with Gasteiger partial charge in [0.2, 0.25) is 0 Å². The molecule has 0 spiro atoms. The summed E-state index contributed by atoms with van der Waals surface area (Å²) < 4.78 is 16.2. The minimum absolute atomic E-state index is 0.847. The summed E-state index contributed by atoms with van der Waals surface area (Å²) in [6, 6.07) is 62.3. The molecule has 0 saturated heterocycles. The Kier molecular flexibility index (Phi) is 6.42. The molecular formula is C48H29NO2S. The molecule has 0 unspecified atom stereocenters. The first-order valence-electron chi connectivity index (χ1n) is 17.5. The normalized spacial score (nSPS) is 11.8. The first kappa shape index (κ1) is 29.1. The number of anilines is 3. The molecule has 0 aliphatic rings. The molecule has 0 amide bonds. The van der Waals surface area contributed by atoms with Crippen LogP contribution in [-0.4, -0.2) is 0 Å². The first-order chi connectivity index (χ1) is 25.8. The summed E-state index contributed by atoms with van der Waals surface area (Å²) in [4.78, 5) is 2.37. The molecular weight excluding hydrogens is 655 g/mol. The SMILES string of the molecule is c1ccc(-c2ccc3c(c2)oc2c(-c4ccccc4)ccc(N(c4ccc5c(c4)sc4ccccc45)c4cccc5c4oc4ccccc45)c23)cc1. The van der Waals surface area contributed by atoms with Crippen molar-refractivity contribution in [2.75, 3.05) is 4.90 Å². The molecule has 0 saturated carbocycles. The second-order valence-corrected chi connectivity index (χ2v) is 14.3. The minimum atomic E-state index is 0.847. The smallest absolute Gasteiger partial charge is 0.159 e. The van der Waals surface area contributed by atoms with E-state index in [9.17, 15) is 0 Å². The fraction of sp³-hybridized carbons (Fsp3) is 0. The maximum absolute atomic E-state index is 6.96. The Hall–Kier alpha value is -6.62. The summed E-state index contributed by atoms with van der Waals surface area (Å²) in [5.74, 6) is 0. The van der Waals surface area contributed by atoms with Crippen LogP contribution >= 0.6 is 11.3 Å². The van der Waals surface area contributed by atoms with Gasteiger partial charge >= 0.3 is 0 Å². The predicted molar refractivity (Wildman–Crippen MR) is 219 cm³/mol. The molecule has 0 fully saturated rings. The maximum atomic E-state index is 6.96. The molecule has 4 heteroatoms. The molecule has 11 rings (SSSR count). The molecule has 11 aromatic rings. The van der Waals surface area contributed by atoms with Gasteiger partial charge in [-0.2, -0.15) is 0 Å². The molecule has 8 aromatic carbocycles. The van der Waals surface area contributed by atoms with Crippen molar-refractivity contribution in [2.24, 2.45) is 0 Å². The van der Waals surface area contributed by atoms with E-state index in [1.165, 1.54) is 20.2 Å². The van der Waals surface area contributed by atoms with Crippen molar-refractivity contribution < 1.29 is 8.83 Å². The Morgan fingerprint density at radius 3 is 1.94 bits per heavy atom. The third-order valence-electron chi connectivity index (χ3n) is 10.3. The van der Waals surface area contributed by atoms with Crippen LogP contribution in [0.3, 0.4) is 0 Å². The standard InChI is InChI=1S/C48H29NO2S/c1-3-12-30(13-4-1)32-22-24-39-43(28-32)51-48-34(31-14-5-2-6-15-31)26-27-40(46(39)48)49(33-23-25-37-36-17-8-10-21-44(36)52-45(37)29-33)41-19-11-18-38-35-16-7-9-20-42(35)50-47(38)41/h1-29H. The number of benzene rings is 8. The van der Waals surface area contributed by atoms with Gasteiger partial charge in [0.25, 0.3) is 0 Å². The second-order valence-electron chi connectivity index (χ2n) is 13.2. The van der Waals surface area contributed by atoms with Gasteiger partial charge in [-0.15, -0.1) is 11.3 Å². The summed E-state index contributed by atoms with van der Waals surface area (Å²) in [5.41, 5.74) is 10.9. The monoisotopic (exact) mass is 683 g/mol. The summed E-state index contributed by atoms with van der Waals surface area (Å²) in [6.45, 7) is 0. The lowest BCUT2D eigenvalue weighted by Gasteiger charge is -2.27. The van der Waals surface area contributed by atoms with E-state index in [1.54, 1.807) is 0 Å². The molecule has 3 nitrogen and oxygen atoms in total. The highest BCUT2D eigenvalue weighted by molar-refractivity contribution is 7.25. The van der Waals surface area contributed by atoms with Gasteiger partial charge in [0.1, 0.15) is 16.7 Å². The number of hydrogen-bond acceptors (Lipinski definition) is 4. The van der Waals surface area contributed by atoms with Crippen molar-refractivity contribution in [3.8, 4) is 22.3 Å². The average Bonchev–Trinajstić information content (AvgIpc) is 3.90. The van der Waals surface area contributed by atoms with Crippen molar-refractivity contribution in [1.82, 2.24) is 0 Å². The van der Waals surface area contributed by atoms with Gasteiger partial charge in [-0.05, 0) is 71.3 Å². The second kappa shape index (κ2) is 11.5. The molecule has 0 atom stereocenters. The topological polar surface area (TPSA) is 29.5 Å². The van der Waals surface area contributed by atoms with Crippen LogP contribution in [0.1, 0.15) is 0 Å². The van der Waals surface area contributed by atoms with E-state index < -0.39 is 0 Å². The van der Waals surface area contributed by atoms with Crippen LogP contribution in [0.5, 0.6) is 0 Å². The van der Waals surface area contributed by atoms with Crippen molar-refractivity contribution in [2.45, 2.75) is 0 Å². The van der Waals surface area contributed by atoms with E-state index in [4.69, 9.17) is 8.83 Å². The fourth-order valence-electron chi connectivity index (χ4n) is 7.87. The third kappa shape index (κ3) is 4.45. The minimum Gasteiger partial charge on any atom is -0.455 e. The van der Waals surface area contributed by atoms with Gasteiger partial charge in [-0.1, -0.05) is 121 Å². The molecule has 0 aliphatic heterocycles. The zero-order chi connectivity index (χ0) is 34.2. The van der Waals surface area contributed by atoms with Gasteiger partial charge in [0.15, 0.2) is 5.58 Å². The largest absolute Gasteiger partial charge is 0.455 e. The van der Waals surface area contributed by atoms with E-state index >= 15 is 0 Å². The van der Waals surface area contributed by atoms with Gasteiger partial charge < -0.3 is 13.7 Å². The molecule has 52 heavy (non-hydrogen) atoms. The molecule has 0 aliphatic carbocycles. The van der Waals surface area contributed by atoms with Gasteiger partial charge in [0, 0.05) is 47.6 Å². The maximum Gasteiger partial charge on any atom is 0.159 e. The summed E-state index contributed by atoms with van der Waals surface area (Å²) in [7, 11) is 0. The number of fused-ring (bicyclic) bond motifs is 9. The lowest BCUT2D eigenvalue weighted by molar-refractivity contribution is 0.668. The lowest BCUT2D eigenvalue weighted by Crippen LogP contribution is -2.10. The fourth-order valence-corrected chi connectivity index (χ4v) is 9.01. The highest BCUT2D eigenvalue weighted by atomic mass is 32.1. The quantitative estimate of drug-likeness (QED) is 0.181. The molecule has 3 heterocycles. The average molecular weight is 684 g/mol. The Morgan fingerprint density at radius 1 is 0.385 bits per heavy atom. The van der Waals surface area contributed by atoms with Crippen LogP contribution in [0.25, 0.3) is 86.3 Å². The van der Waals surface area contributed by atoms with Crippen LogP contribution in [-0.2, 0) is 0 Å². The number of furan rings is 2. The van der Waals surface area contributed by atoms with E-state index in [-0.39, 0.29) is 0 Å². The van der Waals surface area contributed by atoms with Crippen molar-refractivity contribution >= 4 is 92.4 Å². The van der Waals surface area contributed by atoms with Crippen molar-refractivity contribution in [1.29, 1.82) is 0 Å². The van der Waals surface area contributed by atoms with Crippen LogP contribution in [0, 0.1) is 0 Å². The number of para-hydroxylation sites is 2. The molecule has 0 bridgehead atoms. The van der Waals surface area contributed by atoms with Crippen LogP contribution < -0.4 is 4.90 Å². The molecule has 244 valence electrons. The van der Waals surface area contributed by atoms with E-state index in [2.05, 4.69) is 169 Å².